The summed E-state index contributed by atoms with van der Waals surface area (Å²) in [5, 5.41) is 18.2. The maximum Gasteiger partial charge on any atom is 0.309 e. The van der Waals surface area contributed by atoms with Crippen LogP contribution in [0, 0.1) is 22.6 Å². The Morgan fingerprint density at radius 3 is 2.62 bits per heavy atom. The van der Waals surface area contributed by atoms with E-state index in [4.69, 9.17) is 5.26 Å². The Morgan fingerprint density at radius 2 is 2.10 bits per heavy atom. The number of carbonyl (C=O) groups is 1. The van der Waals surface area contributed by atoms with Gasteiger partial charge in [0.05, 0.1) is 17.0 Å². The van der Waals surface area contributed by atoms with Crippen molar-refractivity contribution in [3.8, 4) is 6.07 Å². The van der Waals surface area contributed by atoms with E-state index < -0.39 is 17.2 Å². The first-order valence-electron chi connectivity index (χ1n) is 7.14. The highest BCUT2D eigenvalue weighted by molar-refractivity contribution is 5.74. The zero-order chi connectivity index (χ0) is 15.5. The van der Waals surface area contributed by atoms with Crippen LogP contribution in [-0.4, -0.2) is 29.1 Å². The molecule has 0 radical (unpaired) electrons. The Labute approximate surface area is 123 Å². The van der Waals surface area contributed by atoms with Crippen molar-refractivity contribution < 1.29 is 14.3 Å². The summed E-state index contributed by atoms with van der Waals surface area (Å²) in [5.74, 6) is -1.13. The summed E-state index contributed by atoms with van der Waals surface area (Å²) in [6, 6.07) is 6.27. The maximum atomic E-state index is 13.4. The van der Waals surface area contributed by atoms with Crippen LogP contribution in [0.15, 0.2) is 18.2 Å². The van der Waals surface area contributed by atoms with Crippen molar-refractivity contribution in [3.05, 3.63) is 35.1 Å². The van der Waals surface area contributed by atoms with Crippen LogP contribution in [0.5, 0.6) is 0 Å². The number of benzene rings is 1. The Hall–Kier alpha value is -1.93. The van der Waals surface area contributed by atoms with Gasteiger partial charge in [0.2, 0.25) is 0 Å². The van der Waals surface area contributed by atoms with Gasteiger partial charge in [-0.15, -0.1) is 0 Å². The zero-order valence-corrected chi connectivity index (χ0v) is 12.1. The van der Waals surface area contributed by atoms with Crippen molar-refractivity contribution in [2.45, 2.75) is 32.7 Å². The molecule has 2 rings (SSSR count). The highest BCUT2D eigenvalue weighted by atomic mass is 19.1. The van der Waals surface area contributed by atoms with Crippen LogP contribution >= 0.6 is 0 Å². The summed E-state index contributed by atoms with van der Waals surface area (Å²) < 4.78 is 13.4. The highest BCUT2D eigenvalue weighted by Gasteiger charge is 2.39. The van der Waals surface area contributed by atoms with Gasteiger partial charge in [0.25, 0.3) is 0 Å². The third kappa shape index (κ3) is 3.40. The van der Waals surface area contributed by atoms with Crippen molar-refractivity contribution in [2.75, 3.05) is 13.1 Å². The Kier molecular flexibility index (Phi) is 4.59. The molecule has 0 saturated carbocycles. The van der Waals surface area contributed by atoms with Gasteiger partial charge >= 0.3 is 5.97 Å². The smallest absolute Gasteiger partial charge is 0.309 e. The standard InChI is InChI=1S/C16H19FN2O2/c1-2-16(15(20)21)3-5-19(6-4-16)11-13-7-12(10-18)8-14(17)9-13/h7-9H,2-6,11H2,1H3,(H,20,21). The summed E-state index contributed by atoms with van der Waals surface area (Å²) in [6.07, 6.45) is 1.85. The molecule has 0 aliphatic carbocycles. The second-order valence-electron chi connectivity index (χ2n) is 5.68. The Balaban J connectivity index is 2.03. The molecule has 0 unspecified atom stereocenters. The normalized spacial score (nSPS) is 18.1. The molecule has 0 spiro atoms. The number of piperidine rings is 1. The van der Waals surface area contributed by atoms with Gasteiger partial charge in [0.15, 0.2) is 0 Å². The molecule has 0 bridgehead atoms. The fraction of sp³-hybridized carbons (Fsp3) is 0.500. The largest absolute Gasteiger partial charge is 0.481 e. The van der Waals surface area contributed by atoms with E-state index in [0.717, 1.165) is 5.56 Å². The second kappa shape index (κ2) is 6.23. The molecule has 112 valence electrons. The van der Waals surface area contributed by atoms with Crippen LogP contribution in [-0.2, 0) is 11.3 Å². The molecular weight excluding hydrogens is 271 g/mol. The van der Waals surface area contributed by atoms with Crippen molar-refractivity contribution in [3.63, 3.8) is 0 Å². The van der Waals surface area contributed by atoms with Crippen LogP contribution in [0.4, 0.5) is 4.39 Å². The molecule has 1 aliphatic rings. The lowest BCUT2D eigenvalue weighted by molar-refractivity contribution is -0.152. The van der Waals surface area contributed by atoms with Crippen molar-refractivity contribution >= 4 is 5.97 Å². The fourth-order valence-corrected chi connectivity index (χ4v) is 2.92. The van der Waals surface area contributed by atoms with Gasteiger partial charge in [-0.2, -0.15) is 5.26 Å². The van der Waals surface area contributed by atoms with E-state index >= 15 is 0 Å². The predicted molar refractivity (Wildman–Crippen MR) is 76.0 cm³/mol. The van der Waals surface area contributed by atoms with Gasteiger partial charge < -0.3 is 5.11 Å². The van der Waals surface area contributed by atoms with Gasteiger partial charge in [-0.3, -0.25) is 9.69 Å². The molecule has 1 N–H and O–H groups in total. The van der Waals surface area contributed by atoms with Crippen LogP contribution in [0.3, 0.4) is 0 Å². The molecule has 21 heavy (non-hydrogen) atoms. The average molecular weight is 290 g/mol. The molecule has 1 fully saturated rings. The number of hydrogen-bond donors (Lipinski definition) is 1. The first-order valence-corrected chi connectivity index (χ1v) is 7.14. The minimum Gasteiger partial charge on any atom is -0.481 e. The number of aliphatic carboxylic acids is 1. The number of carboxylic acids is 1. The Morgan fingerprint density at radius 1 is 1.43 bits per heavy atom. The minimum absolute atomic E-state index is 0.315. The van der Waals surface area contributed by atoms with E-state index in [-0.39, 0.29) is 0 Å². The molecule has 4 nitrogen and oxygen atoms in total. The highest BCUT2D eigenvalue weighted by Crippen LogP contribution is 2.35. The van der Waals surface area contributed by atoms with Crippen LogP contribution < -0.4 is 0 Å². The molecule has 0 atom stereocenters. The van der Waals surface area contributed by atoms with Crippen LogP contribution in [0.25, 0.3) is 0 Å². The average Bonchev–Trinajstić information content (AvgIpc) is 2.47. The van der Waals surface area contributed by atoms with E-state index in [1.807, 2.05) is 13.0 Å². The number of nitriles is 1. The first-order chi connectivity index (χ1) is 9.99. The lowest BCUT2D eigenvalue weighted by Gasteiger charge is -2.38. The van der Waals surface area contributed by atoms with E-state index in [9.17, 15) is 14.3 Å². The molecule has 1 aliphatic heterocycles. The van der Waals surface area contributed by atoms with E-state index in [1.54, 1.807) is 6.07 Å². The van der Waals surface area contributed by atoms with E-state index in [0.29, 0.717) is 44.5 Å². The lowest BCUT2D eigenvalue weighted by Crippen LogP contribution is -2.43. The molecule has 0 aromatic heterocycles. The molecule has 1 aromatic rings. The molecular formula is C16H19FN2O2. The second-order valence-corrected chi connectivity index (χ2v) is 5.68. The molecule has 1 saturated heterocycles. The van der Waals surface area contributed by atoms with Crippen molar-refractivity contribution in [1.82, 2.24) is 4.90 Å². The molecule has 0 amide bonds. The monoisotopic (exact) mass is 290 g/mol. The maximum absolute atomic E-state index is 13.4. The summed E-state index contributed by atoms with van der Waals surface area (Å²) in [7, 11) is 0. The van der Waals surface area contributed by atoms with E-state index in [2.05, 4.69) is 4.90 Å². The number of carboxylic acid groups (broad SMARTS) is 1. The van der Waals surface area contributed by atoms with E-state index in [1.165, 1.54) is 12.1 Å². The fourth-order valence-electron chi connectivity index (χ4n) is 2.92. The number of halogens is 1. The molecule has 1 aromatic carbocycles. The van der Waals surface area contributed by atoms with Gasteiger partial charge in [0.1, 0.15) is 5.82 Å². The van der Waals surface area contributed by atoms with Crippen molar-refractivity contribution in [2.24, 2.45) is 5.41 Å². The summed E-state index contributed by atoms with van der Waals surface area (Å²) >= 11 is 0. The SMILES string of the molecule is CCC1(C(=O)O)CCN(Cc2cc(F)cc(C#N)c2)CC1. The quantitative estimate of drug-likeness (QED) is 0.926. The first kappa shape index (κ1) is 15.5. The molecule has 1 heterocycles. The molecule has 5 heteroatoms. The third-order valence-corrected chi connectivity index (χ3v) is 4.44. The number of rotatable bonds is 4. The summed E-state index contributed by atoms with van der Waals surface area (Å²) in [4.78, 5) is 13.5. The van der Waals surface area contributed by atoms with Crippen molar-refractivity contribution in [1.29, 1.82) is 5.26 Å². The zero-order valence-electron chi connectivity index (χ0n) is 12.1. The van der Waals surface area contributed by atoms with Crippen LogP contribution in [0.1, 0.15) is 37.3 Å². The third-order valence-electron chi connectivity index (χ3n) is 4.44. The number of nitrogens with zero attached hydrogens (tertiary/aromatic N) is 2. The Bertz CT molecular complexity index is 572. The minimum atomic E-state index is -0.720. The number of hydrogen-bond acceptors (Lipinski definition) is 3. The number of likely N-dealkylation sites (tertiary alicyclic amines) is 1. The van der Waals surface area contributed by atoms with Gasteiger partial charge in [-0.05, 0) is 56.1 Å². The summed E-state index contributed by atoms with van der Waals surface area (Å²) in [6.45, 7) is 3.82. The topological polar surface area (TPSA) is 64.3 Å². The van der Waals surface area contributed by atoms with Gasteiger partial charge in [0, 0.05) is 6.54 Å². The predicted octanol–water partition coefficient (Wildman–Crippen LogP) is 2.77. The lowest BCUT2D eigenvalue weighted by atomic mass is 9.76. The van der Waals surface area contributed by atoms with Crippen LogP contribution in [0.2, 0.25) is 0 Å². The van der Waals surface area contributed by atoms with Gasteiger partial charge in [-0.1, -0.05) is 6.92 Å². The van der Waals surface area contributed by atoms with Gasteiger partial charge in [-0.25, -0.2) is 4.39 Å². The summed E-state index contributed by atoms with van der Waals surface area (Å²) in [5.41, 5.74) is 0.456.